The topological polar surface area (TPSA) is 61.8 Å². The maximum absolute atomic E-state index is 12.0. The number of hydrogen-bond acceptors (Lipinski definition) is 5. The van der Waals surface area contributed by atoms with Gasteiger partial charge in [0.25, 0.3) is 0 Å². The molecule has 0 saturated carbocycles. The standard InChI is InChI=1S/C18H18O5/c1-21-17-10-6-5-9-15(17)16(19)13-23-18(20)11-12-22-14-7-3-2-4-8-14/h2-10H,11-13H2,1H3. The van der Waals surface area contributed by atoms with Crippen LogP contribution in [-0.2, 0) is 9.53 Å². The third-order valence-electron chi connectivity index (χ3n) is 3.09. The van der Waals surface area contributed by atoms with Gasteiger partial charge in [0.15, 0.2) is 6.61 Å². The summed E-state index contributed by atoms with van der Waals surface area (Å²) in [5, 5.41) is 0. The van der Waals surface area contributed by atoms with Crippen LogP contribution in [0.4, 0.5) is 0 Å². The van der Waals surface area contributed by atoms with E-state index in [0.29, 0.717) is 17.1 Å². The average Bonchev–Trinajstić information content (AvgIpc) is 2.60. The number of ketones is 1. The van der Waals surface area contributed by atoms with Crippen LogP contribution in [0.2, 0.25) is 0 Å². The lowest BCUT2D eigenvalue weighted by molar-refractivity contribution is -0.143. The fourth-order valence-corrected chi connectivity index (χ4v) is 1.94. The molecule has 23 heavy (non-hydrogen) atoms. The van der Waals surface area contributed by atoms with Gasteiger partial charge in [-0.2, -0.15) is 0 Å². The molecule has 0 radical (unpaired) electrons. The average molecular weight is 314 g/mol. The molecule has 2 aromatic carbocycles. The Kier molecular flexibility index (Phi) is 6.17. The zero-order valence-electron chi connectivity index (χ0n) is 12.9. The van der Waals surface area contributed by atoms with E-state index in [2.05, 4.69) is 0 Å². The van der Waals surface area contributed by atoms with Gasteiger partial charge in [-0.25, -0.2) is 0 Å². The minimum absolute atomic E-state index is 0.0775. The van der Waals surface area contributed by atoms with Crippen LogP contribution in [0.5, 0.6) is 11.5 Å². The quantitative estimate of drug-likeness (QED) is 0.554. The van der Waals surface area contributed by atoms with Crippen LogP contribution in [0.25, 0.3) is 0 Å². The second-order valence-electron chi connectivity index (χ2n) is 4.70. The Morgan fingerprint density at radius 3 is 2.39 bits per heavy atom. The van der Waals surface area contributed by atoms with Gasteiger partial charge in [-0.1, -0.05) is 30.3 Å². The lowest BCUT2D eigenvalue weighted by Gasteiger charge is -2.08. The zero-order valence-corrected chi connectivity index (χ0v) is 12.9. The molecule has 0 aliphatic heterocycles. The van der Waals surface area contributed by atoms with E-state index in [1.165, 1.54) is 7.11 Å². The lowest BCUT2D eigenvalue weighted by Crippen LogP contribution is -2.16. The van der Waals surface area contributed by atoms with Crippen molar-refractivity contribution < 1.29 is 23.8 Å². The first-order chi connectivity index (χ1) is 11.2. The Bertz CT molecular complexity index is 651. The van der Waals surface area contributed by atoms with E-state index in [4.69, 9.17) is 14.2 Å². The summed E-state index contributed by atoms with van der Waals surface area (Å²) in [6.45, 7) is -0.115. The van der Waals surface area contributed by atoms with Gasteiger partial charge in [0.05, 0.1) is 25.7 Å². The SMILES string of the molecule is COc1ccccc1C(=O)COC(=O)CCOc1ccccc1. The number of rotatable bonds is 8. The highest BCUT2D eigenvalue weighted by Gasteiger charge is 2.14. The molecule has 0 amide bonds. The zero-order chi connectivity index (χ0) is 16.5. The first-order valence-electron chi connectivity index (χ1n) is 7.20. The fraction of sp³-hybridized carbons (Fsp3) is 0.222. The normalized spacial score (nSPS) is 9.96. The van der Waals surface area contributed by atoms with Crippen LogP contribution in [0.3, 0.4) is 0 Å². The fourth-order valence-electron chi connectivity index (χ4n) is 1.94. The van der Waals surface area contributed by atoms with Crippen LogP contribution >= 0.6 is 0 Å². The molecule has 0 fully saturated rings. The van der Waals surface area contributed by atoms with Crippen molar-refractivity contribution in [3.8, 4) is 11.5 Å². The predicted octanol–water partition coefficient (Wildman–Crippen LogP) is 2.89. The van der Waals surface area contributed by atoms with Crippen molar-refractivity contribution in [2.24, 2.45) is 0 Å². The lowest BCUT2D eigenvalue weighted by atomic mass is 10.1. The van der Waals surface area contributed by atoms with Gasteiger partial charge in [-0.3, -0.25) is 9.59 Å². The number of benzene rings is 2. The van der Waals surface area contributed by atoms with E-state index in [0.717, 1.165) is 0 Å². The molecule has 0 aliphatic carbocycles. The second kappa shape index (κ2) is 8.58. The summed E-state index contributed by atoms with van der Waals surface area (Å²) in [6, 6.07) is 16.0. The van der Waals surface area contributed by atoms with Gasteiger partial charge in [0.1, 0.15) is 11.5 Å². The molecule has 0 unspecified atom stereocenters. The molecule has 0 bridgehead atoms. The Hall–Kier alpha value is -2.82. The smallest absolute Gasteiger partial charge is 0.309 e. The highest BCUT2D eigenvalue weighted by molar-refractivity contribution is 6.00. The first-order valence-corrected chi connectivity index (χ1v) is 7.20. The summed E-state index contributed by atoms with van der Waals surface area (Å²) in [6.07, 6.45) is 0.0775. The number of methoxy groups -OCH3 is 1. The number of Topliss-reactive ketones (excluding diaryl/α,β-unsaturated/α-hetero) is 1. The van der Waals surface area contributed by atoms with Crippen molar-refractivity contribution in [1.29, 1.82) is 0 Å². The predicted molar refractivity (Wildman–Crippen MR) is 84.8 cm³/mol. The summed E-state index contributed by atoms with van der Waals surface area (Å²) in [5.74, 6) is 0.357. The summed E-state index contributed by atoms with van der Waals surface area (Å²) >= 11 is 0. The van der Waals surface area contributed by atoms with Gasteiger partial charge in [0, 0.05) is 0 Å². The van der Waals surface area contributed by atoms with Crippen molar-refractivity contribution in [2.75, 3.05) is 20.3 Å². The van der Waals surface area contributed by atoms with Crippen molar-refractivity contribution in [1.82, 2.24) is 0 Å². The molecule has 0 aliphatic rings. The first kappa shape index (κ1) is 16.5. The minimum Gasteiger partial charge on any atom is -0.496 e. The Morgan fingerprint density at radius 1 is 0.957 bits per heavy atom. The summed E-state index contributed by atoms with van der Waals surface area (Å²) < 4.78 is 15.5. The Labute approximate surface area is 134 Å². The molecule has 0 heterocycles. The van der Waals surface area contributed by atoms with Gasteiger partial charge in [-0.05, 0) is 24.3 Å². The van der Waals surface area contributed by atoms with Gasteiger partial charge in [-0.15, -0.1) is 0 Å². The van der Waals surface area contributed by atoms with E-state index in [1.54, 1.807) is 36.4 Å². The van der Waals surface area contributed by atoms with Crippen LogP contribution in [0.15, 0.2) is 54.6 Å². The van der Waals surface area contributed by atoms with E-state index in [1.807, 2.05) is 18.2 Å². The molecule has 0 saturated heterocycles. The minimum atomic E-state index is -0.482. The third kappa shape index (κ3) is 5.14. The van der Waals surface area contributed by atoms with Crippen molar-refractivity contribution in [2.45, 2.75) is 6.42 Å². The maximum atomic E-state index is 12.0. The van der Waals surface area contributed by atoms with Crippen LogP contribution in [0, 0.1) is 0 Å². The molecule has 5 heteroatoms. The maximum Gasteiger partial charge on any atom is 0.309 e. The number of esters is 1. The second-order valence-corrected chi connectivity index (χ2v) is 4.70. The highest BCUT2D eigenvalue weighted by atomic mass is 16.5. The van der Waals surface area contributed by atoms with E-state index in [-0.39, 0.29) is 25.4 Å². The molecule has 0 N–H and O–H groups in total. The van der Waals surface area contributed by atoms with E-state index >= 15 is 0 Å². The van der Waals surface area contributed by atoms with Crippen molar-refractivity contribution >= 4 is 11.8 Å². The Balaban J connectivity index is 1.74. The molecule has 2 rings (SSSR count). The largest absolute Gasteiger partial charge is 0.496 e. The van der Waals surface area contributed by atoms with Crippen LogP contribution < -0.4 is 9.47 Å². The van der Waals surface area contributed by atoms with E-state index in [9.17, 15) is 9.59 Å². The summed E-state index contributed by atoms with van der Waals surface area (Å²) in [5.41, 5.74) is 0.392. The van der Waals surface area contributed by atoms with Crippen LogP contribution in [-0.4, -0.2) is 32.1 Å². The van der Waals surface area contributed by atoms with Crippen LogP contribution in [0.1, 0.15) is 16.8 Å². The van der Waals surface area contributed by atoms with E-state index < -0.39 is 5.97 Å². The van der Waals surface area contributed by atoms with Gasteiger partial charge < -0.3 is 14.2 Å². The third-order valence-corrected chi connectivity index (χ3v) is 3.09. The Morgan fingerprint density at radius 2 is 1.65 bits per heavy atom. The summed E-state index contributed by atoms with van der Waals surface area (Å²) in [4.78, 5) is 23.7. The molecule has 2 aromatic rings. The molecule has 0 spiro atoms. The van der Waals surface area contributed by atoms with Gasteiger partial charge in [0.2, 0.25) is 5.78 Å². The van der Waals surface area contributed by atoms with Crippen molar-refractivity contribution in [3.63, 3.8) is 0 Å². The molecular weight excluding hydrogens is 296 g/mol. The number of para-hydroxylation sites is 2. The number of carbonyl (C=O) groups is 2. The number of hydrogen-bond donors (Lipinski definition) is 0. The molecular formula is C18H18O5. The molecule has 120 valence electrons. The number of carbonyl (C=O) groups excluding carboxylic acids is 2. The molecule has 0 atom stereocenters. The molecule has 5 nitrogen and oxygen atoms in total. The number of ether oxygens (including phenoxy) is 3. The van der Waals surface area contributed by atoms with Gasteiger partial charge >= 0.3 is 5.97 Å². The monoisotopic (exact) mass is 314 g/mol. The highest BCUT2D eigenvalue weighted by Crippen LogP contribution is 2.17. The summed E-state index contributed by atoms with van der Waals surface area (Å²) in [7, 11) is 1.49. The van der Waals surface area contributed by atoms with Crippen molar-refractivity contribution in [3.05, 3.63) is 60.2 Å². The molecule has 0 aromatic heterocycles.